The number of ether oxygens (including phenoxy) is 1. The molecule has 6 nitrogen and oxygen atoms in total. The van der Waals surface area contributed by atoms with E-state index in [1.165, 1.54) is 16.2 Å². The van der Waals surface area contributed by atoms with Crippen molar-refractivity contribution < 1.29 is 19.4 Å². The van der Waals surface area contributed by atoms with Crippen molar-refractivity contribution in [2.24, 2.45) is 0 Å². The summed E-state index contributed by atoms with van der Waals surface area (Å²) in [7, 11) is 0. The summed E-state index contributed by atoms with van der Waals surface area (Å²) in [4.78, 5) is 33.1. The molecule has 1 amide bonds. The summed E-state index contributed by atoms with van der Waals surface area (Å²) in [6.45, 7) is 8.18. The second-order valence-electron chi connectivity index (χ2n) is 9.06. The molecule has 5 rings (SSSR count). The van der Waals surface area contributed by atoms with Gasteiger partial charge < -0.3 is 9.84 Å². The number of hydrogen-bond acceptors (Lipinski definition) is 6. The van der Waals surface area contributed by atoms with E-state index in [2.05, 4.69) is 0 Å². The molecule has 0 saturated carbocycles. The first-order valence-electron chi connectivity index (χ1n) is 11.9. The summed E-state index contributed by atoms with van der Waals surface area (Å²) in [6.07, 6.45) is 0. The quantitative estimate of drug-likeness (QED) is 0.172. The van der Waals surface area contributed by atoms with Gasteiger partial charge in [0.15, 0.2) is 5.13 Å². The molecular formula is C29H25ClN2O4S. The molecule has 1 unspecified atom stereocenters. The number of aliphatic hydroxyl groups is 1. The molecule has 4 aromatic rings. The van der Waals surface area contributed by atoms with Gasteiger partial charge in [0.05, 0.1) is 33.5 Å². The molecule has 0 radical (unpaired) electrons. The number of aryl methyl sites for hydroxylation is 3. The summed E-state index contributed by atoms with van der Waals surface area (Å²) in [6, 6.07) is 15.5. The molecule has 0 spiro atoms. The average molecular weight is 533 g/mol. The van der Waals surface area contributed by atoms with Crippen molar-refractivity contribution >= 4 is 55.7 Å². The van der Waals surface area contributed by atoms with E-state index < -0.39 is 17.7 Å². The molecule has 3 aromatic carbocycles. The number of rotatable bonds is 5. The molecule has 1 aromatic heterocycles. The van der Waals surface area contributed by atoms with Gasteiger partial charge in [0, 0.05) is 5.56 Å². The minimum Gasteiger partial charge on any atom is -0.507 e. The Bertz CT molecular complexity index is 1570. The van der Waals surface area contributed by atoms with Gasteiger partial charge in [-0.1, -0.05) is 52.8 Å². The second-order valence-corrected chi connectivity index (χ2v) is 10.5. The monoisotopic (exact) mass is 532 g/mol. The fourth-order valence-corrected chi connectivity index (χ4v) is 5.77. The Morgan fingerprint density at radius 3 is 2.57 bits per heavy atom. The van der Waals surface area contributed by atoms with Gasteiger partial charge in [-0.2, -0.15) is 0 Å². The number of nitrogens with zero attached hydrogens (tertiary/aromatic N) is 2. The van der Waals surface area contributed by atoms with E-state index in [4.69, 9.17) is 21.3 Å². The summed E-state index contributed by atoms with van der Waals surface area (Å²) >= 11 is 7.58. The zero-order valence-electron chi connectivity index (χ0n) is 20.8. The fourth-order valence-electron chi connectivity index (χ4n) is 4.53. The topological polar surface area (TPSA) is 79.7 Å². The number of benzene rings is 3. The van der Waals surface area contributed by atoms with E-state index >= 15 is 0 Å². The van der Waals surface area contributed by atoms with Crippen molar-refractivity contribution in [2.75, 3.05) is 11.5 Å². The number of anilines is 1. The Morgan fingerprint density at radius 1 is 1.08 bits per heavy atom. The summed E-state index contributed by atoms with van der Waals surface area (Å²) in [5, 5.41) is 12.2. The smallest absolute Gasteiger partial charge is 0.301 e. The molecule has 1 fully saturated rings. The van der Waals surface area contributed by atoms with Crippen molar-refractivity contribution in [1.29, 1.82) is 0 Å². The number of carbonyl (C=O) groups excluding carboxylic acids is 2. The van der Waals surface area contributed by atoms with E-state index in [1.807, 2.05) is 64.1 Å². The second kappa shape index (κ2) is 9.65. The number of ketones is 1. The number of Topliss-reactive ketones (excluding diaryl/α,β-unsaturated/α-hetero) is 1. The van der Waals surface area contributed by atoms with Crippen molar-refractivity contribution in [3.8, 4) is 5.75 Å². The third kappa shape index (κ3) is 4.38. The van der Waals surface area contributed by atoms with Crippen LogP contribution in [0, 0.1) is 20.8 Å². The van der Waals surface area contributed by atoms with Crippen molar-refractivity contribution in [2.45, 2.75) is 33.7 Å². The van der Waals surface area contributed by atoms with E-state index in [1.54, 1.807) is 18.2 Å². The maximum absolute atomic E-state index is 13.5. The van der Waals surface area contributed by atoms with Crippen LogP contribution in [0.5, 0.6) is 5.75 Å². The lowest BCUT2D eigenvalue weighted by Gasteiger charge is -2.23. The Kier molecular flexibility index (Phi) is 6.52. The minimum atomic E-state index is -0.853. The summed E-state index contributed by atoms with van der Waals surface area (Å²) < 4.78 is 6.49. The zero-order chi connectivity index (χ0) is 26.4. The standard InChI is InChI=1S/C29H25ClN2O4S/c1-5-36-22-14-19(9-10-20(22)30)26(33)24-25(18-8-6-7-15(2)11-18)32(28(35)27(24)34)29-31-21-12-16(3)17(4)13-23(21)37-29/h6-14,25,33H,5H2,1-4H3/b26-24+. The molecule has 1 aliphatic heterocycles. The molecule has 0 aliphatic carbocycles. The third-order valence-corrected chi connectivity index (χ3v) is 7.84. The lowest BCUT2D eigenvalue weighted by atomic mass is 9.94. The highest BCUT2D eigenvalue weighted by molar-refractivity contribution is 7.22. The first-order valence-corrected chi connectivity index (χ1v) is 13.1. The number of fused-ring (bicyclic) bond motifs is 1. The van der Waals surface area contributed by atoms with Crippen LogP contribution in [-0.4, -0.2) is 28.4 Å². The third-order valence-electron chi connectivity index (χ3n) is 6.51. The van der Waals surface area contributed by atoms with E-state index in [0.29, 0.717) is 33.6 Å². The van der Waals surface area contributed by atoms with Crippen LogP contribution in [0.25, 0.3) is 16.0 Å². The molecule has 1 aliphatic rings. The Hall–Kier alpha value is -3.68. The van der Waals surface area contributed by atoms with E-state index in [-0.39, 0.29) is 11.3 Å². The van der Waals surface area contributed by atoms with Gasteiger partial charge in [0.1, 0.15) is 11.5 Å². The highest BCUT2D eigenvalue weighted by Crippen LogP contribution is 2.45. The van der Waals surface area contributed by atoms with Crippen LogP contribution in [0.4, 0.5) is 5.13 Å². The van der Waals surface area contributed by atoms with Crippen LogP contribution in [-0.2, 0) is 9.59 Å². The van der Waals surface area contributed by atoms with Crippen molar-refractivity contribution in [1.82, 2.24) is 4.98 Å². The maximum atomic E-state index is 13.5. The normalized spacial score (nSPS) is 17.1. The number of hydrogen-bond donors (Lipinski definition) is 1. The lowest BCUT2D eigenvalue weighted by molar-refractivity contribution is -0.132. The van der Waals surface area contributed by atoms with Crippen LogP contribution in [0.15, 0.2) is 60.2 Å². The van der Waals surface area contributed by atoms with Gasteiger partial charge in [-0.3, -0.25) is 14.5 Å². The van der Waals surface area contributed by atoms with Gasteiger partial charge in [-0.25, -0.2) is 4.98 Å². The maximum Gasteiger partial charge on any atom is 0.301 e. The predicted molar refractivity (Wildman–Crippen MR) is 148 cm³/mol. The Labute approximate surface area is 223 Å². The van der Waals surface area contributed by atoms with Crippen LogP contribution in [0.3, 0.4) is 0 Å². The number of halogens is 1. The Balaban J connectivity index is 1.73. The van der Waals surface area contributed by atoms with Gasteiger partial charge in [0.2, 0.25) is 0 Å². The number of carbonyl (C=O) groups is 2. The average Bonchev–Trinajstić information content (AvgIpc) is 3.38. The highest BCUT2D eigenvalue weighted by Gasteiger charge is 2.48. The predicted octanol–water partition coefficient (Wildman–Crippen LogP) is 6.90. The number of amides is 1. The minimum absolute atomic E-state index is 0.00742. The van der Waals surface area contributed by atoms with E-state index in [9.17, 15) is 14.7 Å². The van der Waals surface area contributed by atoms with E-state index in [0.717, 1.165) is 26.9 Å². The molecule has 8 heteroatoms. The van der Waals surface area contributed by atoms with Gasteiger partial charge >= 0.3 is 5.91 Å². The number of aliphatic hydroxyl groups excluding tert-OH is 1. The molecule has 188 valence electrons. The van der Waals surface area contributed by atoms with Crippen molar-refractivity contribution in [3.05, 3.63) is 93.0 Å². The molecule has 1 atom stereocenters. The molecule has 0 bridgehead atoms. The highest BCUT2D eigenvalue weighted by atomic mass is 35.5. The molecule has 1 N–H and O–H groups in total. The van der Waals surface area contributed by atoms with Gasteiger partial charge in [0.25, 0.3) is 5.78 Å². The molecular weight excluding hydrogens is 508 g/mol. The van der Waals surface area contributed by atoms with Gasteiger partial charge in [-0.05, 0) is 74.7 Å². The first kappa shape index (κ1) is 25.0. The van der Waals surface area contributed by atoms with Crippen molar-refractivity contribution in [3.63, 3.8) is 0 Å². The van der Waals surface area contributed by atoms with Crippen LogP contribution in [0.1, 0.15) is 40.8 Å². The molecule has 1 saturated heterocycles. The Morgan fingerprint density at radius 2 is 1.84 bits per heavy atom. The number of aromatic nitrogens is 1. The first-order chi connectivity index (χ1) is 17.7. The summed E-state index contributed by atoms with van der Waals surface area (Å²) in [5.74, 6) is -1.42. The van der Waals surface area contributed by atoms with Crippen LogP contribution in [0.2, 0.25) is 5.02 Å². The van der Waals surface area contributed by atoms with Crippen LogP contribution >= 0.6 is 22.9 Å². The summed E-state index contributed by atoms with van der Waals surface area (Å²) in [5.41, 5.74) is 4.95. The molecule has 37 heavy (non-hydrogen) atoms. The zero-order valence-corrected chi connectivity index (χ0v) is 22.4. The lowest BCUT2D eigenvalue weighted by Crippen LogP contribution is -2.29. The SMILES string of the molecule is CCOc1cc(/C(O)=C2\C(=O)C(=O)N(c3nc4cc(C)c(C)cc4s3)C2c2cccc(C)c2)ccc1Cl. The fraction of sp³-hybridized carbons (Fsp3) is 0.207. The number of thiazole rings is 1. The largest absolute Gasteiger partial charge is 0.507 e. The van der Waals surface area contributed by atoms with Crippen LogP contribution < -0.4 is 9.64 Å². The van der Waals surface area contributed by atoms with Gasteiger partial charge in [-0.15, -0.1) is 0 Å². The molecule has 2 heterocycles.